The molecule has 8 heteroatoms. The molecule has 1 aliphatic carbocycles. The molecule has 5 aliphatic heterocycles. The normalized spacial score (nSPS) is 17.2. The van der Waals surface area contributed by atoms with Crippen LogP contribution in [0, 0.1) is 0 Å². The first-order valence-corrected chi connectivity index (χ1v) is 22.1. The maximum absolute atomic E-state index is 6.68. The Bertz CT molecular complexity index is 3300. The molecule has 0 saturated carbocycles. The second kappa shape index (κ2) is 12.7. The summed E-state index contributed by atoms with van der Waals surface area (Å²) in [6.07, 6.45) is 8.05. The van der Waals surface area contributed by atoms with Crippen molar-refractivity contribution in [2.24, 2.45) is 0 Å². The zero-order chi connectivity index (χ0) is 39.8. The summed E-state index contributed by atoms with van der Waals surface area (Å²) in [6.45, 7) is 0.0950. The van der Waals surface area contributed by atoms with E-state index >= 15 is 0 Å². The van der Waals surface area contributed by atoms with Gasteiger partial charge in [0.05, 0.1) is 11.4 Å². The van der Waals surface area contributed by atoms with Crippen molar-refractivity contribution >= 4 is 97.7 Å². The molecule has 0 N–H and O–H groups in total. The Morgan fingerprint density at radius 2 is 1.33 bits per heavy atom. The minimum atomic E-state index is -0.0669. The van der Waals surface area contributed by atoms with E-state index in [2.05, 4.69) is 168 Å². The van der Waals surface area contributed by atoms with Crippen LogP contribution in [0.4, 0.5) is 22.7 Å². The van der Waals surface area contributed by atoms with Gasteiger partial charge in [0.25, 0.3) is 6.71 Å². The van der Waals surface area contributed by atoms with Crippen LogP contribution in [0.25, 0.3) is 22.2 Å². The van der Waals surface area contributed by atoms with Crippen LogP contribution in [-0.2, 0) is 0 Å². The number of benzene rings is 7. The number of anilines is 4. The van der Waals surface area contributed by atoms with E-state index < -0.39 is 0 Å². The molecular weight excluding hydrogens is 766 g/mol. The summed E-state index contributed by atoms with van der Waals surface area (Å²) >= 11 is 1.96. The standard InChI is InChI=1S/C53H34B2N2O3S/c1-6-18-44-36(11-1)52-53(60-44)55-38-13-3-5-15-41(38)56(42-16-9-21-47(59-52)50(42)55)34-27-23-32(24-28-34)33-25-29-35(30-26-33)57-43-17-10-20-46-49(43)54(39-14-4-7-19-45(39)58-46)40-31-61-48-22-8-2-12-37(48)51(40)57/h1-29,35H,30-31H2. The number of hydrogen-bond donors (Lipinski definition) is 0. The van der Waals surface area contributed by atoms with Gasteiger partial charge in [-0.2, -0.15) is 0 Å². The Labute approximate surface area is 358 Å². The van der Waals surface area contributed by atoms with E-state index in [1.807, 2.05) is 30.0 Å². The van der Waals surface area contributed by atoms with E-state index in [1.54, 1.807) is 0 Å². The van der Waals surface area contributed by atoms with Crippen molar-refractivity contribution in [3.05, 3.63) is 193 Å². The number of ether oxygens (including phenoxy) is 2. The van der Waals surface area contributed by atoms with E-state index in [1.165, 1.54) is 54.8 Å². The average molecular weight is 801 g/mol. The smallest absolute Gasteiger partial charge is 0.301 e. The molecule has 1 unspecified atom stereocenters. The van der Waals surface area contributed by atoms with Gasteiger partial charge in [-0.05, 0) is 101 Å². The molecule has 0 spiro atoms. The summed E-state index contributed by atoms with van der Waals surface area (Å²) < 4.78 is 19.9. The first-order valence-electron chi connectivity index (χ1n) is 21.1. The van der Waals surface area contributed by atoms with Gasteiger partial charge in [0, 0.05) is 50.1 Å². The summed E-state index contributed by atoms with van der Waals surface area (Å²) in [7, 11) is 0. The number of fused-ring (bicyclic) bond motifs is 11. The molecule has 6 aliphatic rings. The highest BCUT2D eigenvalue weighted by atomic mass is 32.2. The number of hydrogen-bond acceptors (Lipinski definition) is 6. The molecule has 1 atom stereocenters. The van der Waals surface area contributed by atoms with Crippen molar-refractivity contribution in [3.8, 4) is 23.0 Å². The van der Waals surface area contributed by atoms with Gasteiger partial charge in [-0.15, -0.1) is 11.8 Å². The summed E-state index contributed by atoms with van der Waals surface area (Å²) in [5, 5.41) is 1.01. The van der Waals surface area contributed by atoms with Crippen molar-refractivity contribution in [2.75, 3.05) is 15.6 Å². The Hall–Kier alpha value is -7.02. The molecule has 7 aromatic carbocycles. The van der Waals surface area contributed by atoms with Gasteiger partial charge in [0.2, 0.25) is 0 Å². The molecule has 14 rings (SSSR count). The van der Waals surface area contributed by atoms with Gasteiger partial charge in [-0.3, -0.25) is 0 Å². The predicted octanol–water partition coefficient (Wildman–Crippen LogP) is 9.84. The molecule has 8 aromatic rings. The Morgan fingerprint density at radius 1 is 0.607 bits per heavy atom. The third-order valence-electron chi connectivity index (χ3n) is 13.4. The molecular formula is C53H34B2N2O3S. The van der Waals surface area contributed by atoms with E-state index in [-0.39, 0.29) is 19.5 Å². The Morgan fingerprint density at radius 3 is 2.21 bits per heavy atom. The summed E-state index contributed by atoms with van der Waals surface area (Å²) in [5.41, 5.74) is 17.8. The van der Waals surface area contributed by atoms with Crippen LogP contribution in [0.2, 0.25) is 0 Å². The Kier molecular flexibility index (Phi) is 7.06. The third-order valence-corrected chi connectivity index (χ3v) is 14.6. The highest BCUT2D eigenvalue weighted by Gasteiger charge is 2.47. The highest BCUT2D eigenvalue weighted by molar-refractivity contribution is 7.99. The van der Waals surface area contributed by atoms with Crippen LogP contribution >= 0.6 is 11.8 Å². The lowest BCUT2D eigenvalue weighted by atomic mass is 9.33. The fourth-order valence-corrected chi connectivity index (χ4v) is 12.0. The molecule has 5 nitrogen and oxygen atoms in total. The van der Waals surface area contributed by atoms with Crippen LogP contribution < -0.4 is 46.8 Å². The molecule has 286 valence electrons. The fraction of sp³-hybridized carbons (Fsp3) is 0.0566. The quantitative estimate of drug-likeness (QED) is 0.166. The number of para-hydroxylation sites is 3. The van der Waals surface area contributed by atoms with E-state index in [0.29, 0.717) is 0 Å². The zero-order valence-corrected chi connectivity index (χ0v) is 33.7. The number of thioether (sulfide) groups is 1. The van der Waals surface area contributed by atoms with Crippen molar-refractivity contribution in [2.45, 2.75) is 17.4 Å². The first kappa shape index (κ1) is 33.8. The van der Waals surface area contributed by atoms with E-state index in [4.69, 9.17) is 13.9 Å². The van der Waals surface area contributed by atoms with Gasteiger partial charge in [-0.25, -0.2) is 0 Å². The predicted molar refractivity (Wildman–Crippen MR) is 252 cm³/mol. The number of allylic oxidation sites excluding steroid dienone is 2. The number of nitrogens with zero attached hydrogens (tertiary/aromatic N) is 2. The summed E-state index contributed by atoms with van der Waals surface area (Å²) in [5.74, 6) is 4.57. The monoisotopic (exact) mass is 800 g/mol. The van der Waals surface area contributed by atoms with Crippen LogP contribution in [0.1, 0.15) is 17.5 Å². The topological polar surface area (TPSA) is 38.1 Å². The number of rotatable bonds is 3. The Balaban J connectivity index is 0.816. The highest BCUT2D eigenvalue weighted by Crippen LogP contribution is 2.49. The van der Waals surface area contributed by atoms with Crippen LogP contribution in [-0.4, -0.2) is 25.2 Å². The third kappa shape index (κ3) is 4.77. The van der Waals surface area contributed by atoms with Crippen molar-refractivity contribution in [3.63, 3.8) is 0 Å². The second-order valence-corrected chi connectivity index (χ2v) is 17.6. The lowest BCUT2D eigenvalue weighted by Crippen LogP contribution is -2.59. The van der Waals surface area contributed by atoms with Gasteiger partial charge in [0.1, 0.15) is 28.5 Å². The van der Waals surface area contributed by atoms with Crippen LogP contribution in [0.3, 0.4) is 0 Å². The van der Waals surface area contributed by atoms with Gasteiger partial charge >= 0.3 is 6.71 Å². The maximum atomic E-state index is 6.68. The number of furan rings is 1. The first-order chi connectivity index (χ1) is 30.3. The second-order valence-electron chi connectivity index (χ2n) is 16.6. The molecule has 0 bridgehead atoms. The van der Waals surface area contributed by atoms with Crippen LogP contribution in [0.15, 0.2) is 191 Å². The lowest BCUT2D eigenvalue weighted by molar-refractivity contribution is 0.482. The lowest BCUT2D eigenvalue weighted by Gasteiger charge is -2.46. The SMILES string of the molecule is C1=CC(N2C3=C(CSc4ccccc43)B3c4ccccc4Oc4cccc2c43)CC=C1c1ccc(N2c3ccccc3B3c4oc5ccccc5c4Oc4cccc2c43)cc1. The molecule has 6 heterocycles. The molecule has 1 aromatic heterocycles. The van der Waals surface area contributed by atoms with E-state index in [0.717, 1.165) is 74.3 Å². The molecule has 0 amide bonds. The van der Waals surface area contributed by atoms with Crippen LogP contribution in [0.5, 0.6) is 23.0 Å². The minimum Gasteiger partial charge on any atom is -0.466 e. The largest absolute Gasteiger partial charge is 0.466 e. The van der Waals surface area contributed by atoms with E-state index in [9.17, 15) is 0 Å². The summed E-state index contributed by atoms with van der Waals surface area (Å²) in [6, 6.07) is 56.7. The average Bonchev–Trinajstić information content (AvgIpc) is 3.70. The maximum Gasteiger partial charge on any atom is 0.301 e. The van der Waals surface area contributed by atoms with Crippen molar-refractivity contribution < 1.29 is 13.9 Å². The van der Waals surface area contributed by atoms with Gasteiger partial charge in [0.15, 0.2) is 5.75 Å². The molecule has 0 radical (unpaired) electrons. The molecule has 0 fully saturated rings. The minimum absolute atomic E-state index is 0.0669. The van der Waals surface area contributed by atoms with Crippen molar-refractivity contribution in [1.29, 1.82) is 0 Å². The zero-order valence-electron chi connectivity index (χ0n) is 32.9. The van der Waals surface area contributed by atoms with Gasteiger partial charge in [-0.1, -0.05) is 115 Å². The molecule has 61 heavy (non-hydrogen) atoms. The van der Waals surface area contributed by atoms with Crippen molar-refractivity contribution in [1.82, 2.24) is 0 Å². The molecule has 0 saturated heterocycles. The fourth-order valence-electron chi connectivity index (χ4n) is 10.9. The summed E-state index contributed by atoms with van der Waals surface area (Å²) in [4.78, 5) is 6.34. The van der Waals surface area contributed by atoms with Gasteiger partial charge < -0.3 is 23.7 Å².